The number of rotatable bonds is 13. The molecule has 0 bridgehead atoms. The highest BCUT2D eigenvalue weighted by Crippen LogP contribution is 2.35. The summed E-state index contributed by atoms with van der Waals surface area (Å²) in [5, 5.41) is 15.5. The summed E-state index contributed by atoms with van der Waals surface area (Å²) in [6.45, 7) is 2.90. The van der Waals surface area contributed by atoms with Gasteiger partial charge in [0.15, 0.2) is 20.9 Å². The van der Waals surface area contributed by atoms with Crippen molar-refractivity contribution in [1.29, 1.82) is 0 Å². The SMILES string of the molecule is CC(C)(O)CCC(=O)c1ccc(-c2ccc3nc(C(C(=O)NCCS(N)(=O)=O)S(=O)(=O)Cc4ccc(F)cc4)sc3c2)cc1. The van der Waals surface area contributed by atoms with Crippen LogP contribution in [0.1, 0.15) is 52.9 Å². The fourth-order valence-corrected chi connectivity index (χ4v) is 7.93. The normalized spacial score (nSPS) is 13.1. The third-order valence-corrected chi connectivity index (χ3v) is 10.6. The minimum absolute atomic E-state index is 0.0138. The molecule has 0 spiro atoms. The van der Waals surface area contributed by atoms with Crippen LogP contribution in [0.5, 0.6) is 0 Å². The molecule has 14 heteroatoms. The molecule has 1 unspecified atom stereocenters. The zero-order chi connectivity index (χ0) is 32.3. The van der Waals surface area contributed by atoms with Crippen molar-refractivity contribution < 1.29 is 35.9 Å². The highest BCUT2D eigenvalue weighted by atomic mass is 32.2. The first-order chi connectivity index (χ1) is 20.5. The predicted octanol–water partition coefficient (Wildman–Crippen LogP) is 3.90. The van der Waals surface area contributed by atoms with Gasteiger partial charge < -0.3 is 10.4 Å². The van der Waals surface area contributed by atoms with Crippen molar-refractivity contribution in [2.45, 2.75) is 43.3 Å². The molecule has 4 N–H and O–H groups in total. The molecule has 0 radical (unpaired) electrons. The number of sulfone groups is 1. The molecule has 0 aliphatic heterocycles. The molecule has 0 saturated heterocycles. The van der Waals surface area contributed by atoms with Crippen LogP contribution in [0.25, 0.3) is 21.3 Å². The van der Waals surface area contributed by atoms with E-state index < -0.39 is 60.5 Å². The van der Waals surface area contributed by atoms with Crippen LogP contribution >= 0.6 is 11.3 Å². The van der Waals surface area contributed by atoms with Gasteiger partial charge >= 0.3 is 0 Å². The Balaban J connectivity index is 1.63. The van der Waals surface area contributed by atoms with Gasteiger partial charge in [-0.05, 0) is 61.2 Å². The second kappa shape index (κ2) is 13.2. The fourth-order valence-electron chi connectivity index (χ4n) is 4.38. The van der Waals surface area contributed by atoms with Crippen molar-refractivity contribution in [2.24, 2.45) is 5.14 Å². The summed E-state index contributed by atoms with van der Waals surface area (Å²) in [4.78, 5) is 30.2. The van der Waals surface area contributed by atoms with Crippen molar-refractivity contribution >= 4 is 53.1 Å². The molecule has 10 nitrogen and oxygen atoms in total. The van der Waals surface area contributed by atoms with Crippen molar-refractivity contribution in [1.82, 2.24) is 10.3 Å². The molecule has 3 aromatic carbocycles. The van der Waals surface area contributed by atoms with Gasteiger partial charge in [0.05, 0.1) is 27.3 Å². The lowest BCUT2D eigenvalue weighted by Gasteiger charge is -2.15. The number of halogens is 1. The third-order valence-electron chi connectivity index (χ3n) is 6.70. The number of fused-ring (bicyclic) bond motifs is 1. The van der Waals surface area contributed by atoms with Gasteiger partial charge in [0.1, 0.15) is 10.8 Å². The standard InChI is InChI=1S/C30H32FN3O7S3/c1-30(2,37)14-13-25(35)21-7-5-20(6-8-21)22-9-12-24-26(17-22)42-29(34-24)27(28(36)33-15-16-44(32,40)41)43(38,39)18-19-3-10-23(31)11-4-19/h3-12,17,27,37H,13-16,18H2,1-2H3,(H,33,36)(H2,32,40,41). The van der Waals surface area contributed by atoms with Crippen LogP contribution < -0.4 is 10.5 Å². The Morgan fingerprint density at radius 1 is 1.00 bits per heavy atom. The van der Waals surface area contributed by atoms with E-state index in [4.69, 9.17) is 5.14 Å². The Labute approximate surface area is 259 Å². The lowest BCUT2D eigenvalue weighted by atomic mass is 9.96. The molecule has 0 fully saturated rings. The van der Waals surface area contributed by atoms with Crippen LogP contribution in [0.4, 0.5) is 4.39 Å². The quantitative estimate of drug-likeness (QED) is 0.181. The zero-order valence-corrected chi connectivity index (χ0v) is 26.4. The molecule has 1 atom stereocenters. The number of benzene rings is 3. The van der Waals surface area contributed by atoms with Crippen LogP contribution in [0, 0.1) is 5.82 Å². The molecule has 234 valence electrons. The predicted molar refractivity (Wildman–Crippen MR) is 168 cm³/mol. The molecule has 1 amide bonds. The average molecular weight is 662 g/mol. The van der Waals surface area contributed by atoms with E-state index in [0.29, 0.717) is 22.2 Å². The van der Waals surface area contributed by atoms with Crippen molar-refractivity contribution in [3.63, 3.8) is 0 Å². The summed E-state index contributed by atoms with van der Waals surface area (Å²) in [7, 11) is -8.17. The molecule has 0 aliphatic rings. The summed E-state index contributed by atoms with van der Waals surface area (Å²) in [5.74, 6) is -2.76. The van der Waals surface area contributed by atoms with Gasteiger partial charge in [-0.2, -0.15) is 0 Å². The van der Waals surface area contributed by atoms with Crippen LogP contribution in [0.15, 0.2) is 66.7 Å². The minimum Gasteiger partial charge on any atom is -0.390 e. The number of nitrogens with two attached hydrogens (primary N) is 1. The minimum atomic E-state index is -4.26. The first-order valence-corrected chi connectivity index (χ1v) is 17.8. The van der Waals surface area contributed by atoms with Crippen molar-refractivity contribution in [3.05, 3.63) is 88.7 Å². The summed E-state index contributed by atoms with van der Waals surface area (Å²) >= 11 is 1.01. The number of hydrogen-bond donors (Lipinski definition) is 3. The van der Waals surface area contributed by atoms with Gasteiger partial charge in [0.2, 0.25) is 15.9 Å². The maximum Gasteiger partial charge on any atom is 0.245 e. The number of nitrogens with zero attached hydrogens (tertiary/aromatic N) is 1. The van der Waals surface area contributed by atoms with Crippen LogP contribution in [0.3, 0.4) is 0 Å². The van der Waals surface area contributed by atoms with Gasteiger partial charge in [-0.3, -0.25) is 9.59 Å². The summed E-state index contributed by atoms with van der Waals surface area (Å²) in [6.07, 6.45) is 0.544. The van der Waals surface area contributed by atoms with E-state index in [1.807, 2.05) is 0 Å². The Morgan fingerprint density at radius 3 is 2.25 bits per heavy atom. The molecule has 1 aromatic heterocycles. The average Bonchev–Trinajstić information content (AvgIpc) is 3.34. The molecule has 4 aromatic rings. The van der Waals surface area contributed by atoms with E-state index in [1.54, 1.807) is 56.3 Å². The number of ketones is 1. The molecule has 4 rings (SSSR count). The fraction of sp³-hybridized carbons (Fsp3) is 0.300. The number of nitrogens with one attached hydrogen (secondary N) is 1. The number of primary sulfonamides is 1. The maximum absolute atomic E-state index is 13.6. The number of aromatic nitrogens is 1. The highest BCUT2D eigenvalue weighted by molar-refractivity contribution is 7.91. The number of sulfonamides is 1. The van der Waals surface area contributed by atoms with Gasteiger partial charge in [0, 0.05) is 18.5 Å². The van der Waals surface area contributed by atoms with E-state index >= 15 is 0 Å². The smallest absolute Gasteiger partial charge is 0.245 e. The summed E-state index contributed by atoms with van der Waals surface area (Å²) < 4.78 is 63.8. The Bertz CT molecular complexity index is 1880. The van der Waals surface area contributed by atoms with E-state index in [0.717, 1.165) is 34.6 Å². The van der Waals surface area contributed by atoms with E-state index in [2.05, 4.69) is 10.3 Å². The topological polar surface area (TPSA) is 174 Å². The van der Waals surface area contributed by atoms with Crippen LogP contribution in [-0.4, -0.2) is 56.5 Å². The lowest BCUT2D eigenvalue weighted by Crippen LogP contribution is -2.37. The molecule has 0 saturated carbocycles. The monoisotopic (exact) mass is 661 g/mol. The number of hydrogen-bond acceptors (Lipinski definition) is 9. The van der Waals surface area contributed by atoms with Crippen LogP contribution in [-0.2, 0) is 30.4 Å². The second-order valence-electron chi connectivity index (χ2n) is 11.0. The van der Waals surface area contributed by atoms with E-state index in [9.17, 15) is 35.9 Å². The number of carbonyl (C=O) groups is 2. The molecular formula is C30H32FN3O7S3. The number of carbonyl (C=O) groups excluding carboxylic acids is 2. The first-order valence-electron chi connectivity index (χ1n) is 13.5. The van der Waals surface area contributed by atoms with Gasteiger partial charge in [-0.15, -0.1) is 11.3 Å². The van der Waals surface area contributed by atoms with Crippen LogP contribution in [0.2, 0.25) is 0 Å². The lowest BCUT2D eigenvalue weighted by molar-refractivity contribution is -0.120. The summed E-state index contributed by atoms with van der Waals surface area (Å²) in [5.41, 5.74) is 1.85. The van der Waals surface area contributed by atoms with Gasteiger partial charge in [-0.1, -0.05) is 42.5 Å². The molecule has 1 heterocycles. The maximum atomic E-state index is 13.6. The second-order valence-corrected chi connectivity index (χ2v) is 15.9. The summed E-state index contributed by atoms with van der Waals surface area (Å²) in [6, 6.07) is 17.1. The van der Waals surface area contributed by atoms with Gasteiger partial charge in [-0.25, -0.2) is 31.3 Å². The van der Waals surface area contributed by atoms with Crippen molar-refractivity contribution in [2.75, 3.05) is 12.3 Å². The Morgan fingerprint density at radius 2 is 1.64 bits per heavy atom. The number of amides is 1. The highest BCUT2D eigenvalue weighted by Gasteiger charge is 2.37. The van der Waals surface area contributed by atoms with Gasteiger partial charge in [0.25, 0.3) is 0 Å². The third kappa shape index (κ3) is 8.99. The Hall–Kier alpha value is -3.56. The van der Waals surface area contributed by atoms with E-state index in [1.165, 1.54) is 12.1 Å². The molecule has 44 heavy (non-hydrogen) atoms. The first kappa shape index (κ1) is 33.3. The number of Topliss-reactive ketones (excluding diaryl/α,β-unsaturated/α-hetero) is 1. The van der Waals surface area contributed by atoms with Crippen molar-refractivity contribution in [3.8, 4) is 11.1 Å². The Kier molecular flexibility index (Phi) is 10.0. The molecule has 0 aliphatic carbocycles. The zero-order valence-electron chi connectivity index (χ0n) is 24.0. The van der Waals surface area contributed by atoms with E-state index in [-0.39, 0.29) is 22.8 Å². The number of thiazole rings is 1. The number of aliphatic hydroxyl groups is 1. The largest absolute Gasteiger partial charge is 0.390 e. The molecular weight excluding hydrogens is 630 g/mol.